The van der Waals surface area contributed by atoms with Crippen LogP contribution in [0.15, 0.2) is 41.7 Å². The summed E-state index contributed by atoms with van der Waals surface area (Å²) < 4.78 is 23.7. The van der Waals surface area contributed by atoms with Crippen molar-refractivity contribution in [3.63, 3.8) is 0 Å². The summed E-state index contributed by atoms with van der Waals surface area (Å²) in [6.07, 6.45) is 4.14. The van der Waals surface area contributed by atoms with Gasteiger partial charge in [-0.1, -0.05) is 30.3 Å². The minimum absolute atomic E-state index is 0.0220. The Balaban J connectivity index is 1.62. The van der Waals surface area contributed by atoms with Gasteiger partial charge in [0.05, 0.1) is 12.2 Å². The number of aromatic nitrogens is 2. The van der Waals surface area contributed by atoms with Gasteiger partial charge in [-0.05, 0) is 44.5 Å². The number of rotatable bonds is 3. The van der Waals surface area contributed by atoms with E-state index in [1.54, 1.807) is 6.20 Å². The van der Waals surface area contributed by atoms with E-state index < -0.39 is 9.84 Å². The van der Waals surface area contributed by atoms with Crippen LogP contribution in [-0.4, -0.2) is 66.5 Å². The predicted molar refractivity (Wildman–Crippen MR) is 114 cm³/mol. The Morgan fingerprint density at radius 3 is 2.63 bits per heavy atom. The Kier molecular flexibility index (Phi) is 5.63. The average Bonchev–Trinajstić information content (AvgIpc) is 2.72. The summed E-state index contributed by atoms with van der Waals surface area (Å²) in [5, 5.41) is -0.176. The van der Waals surface area contributed by atoms with Crippen molar-refractivity contribution in [2.75, 3.05) is 26.4 Å². The lowest BCUT2D eigenvalue weighted by atomic mass is 9.79. The van der Waals surface area contributed by atoms with Crippen molar-refractivity contribution in [2.24, 2.45) is 5.92 Å². The first kappa shape index (κ1) is 20.9. The highest BCUT2D eigenvalue weighted by atomic mass is 32.2. The number of hydrogen-bond acceptors (Lipinski definition) is 6. The van der Waals surface area contributed by atoms with Crippen LogP contribution in [0.1, 0.15) is 36.1 Å². The number of nitrogens with zero attached hydrogens (tertiary/aromatic N) is 4. The molecular weight excluding hydrogens is 400 g/mol. The number of amides is 1. The first-order valence-corrected chi connectivity index (χ1v) is 12.2. The molecule has 3 heterocycles. The van der Waals surface area contributed by atoms with Crippen LogP contribution in [0, 0.1) is 5.92 Å². The van der Waals surface area contributed by atoms with Crippen LogP contribution in [0.3, 0.4) is 0 Å². The number of carbonyl (C=O) groups excluding carboxylic acids is 1. The summed E-state index contributed by atoms with van der Waals surface area (Å²) in [6, 6.07) is 10.3. The molecule has 1 fully saturated rings. The van der Waals surface area contributed by atoms with E-state index in [9.17, 15) is 13.2 Å². The van der Waals surface area contributed by atoms with E-state index in [4.69, 9.17) is 0 Å². The highest BCUT2D eigenvalue weighted by Gasteiger charge is 2.39. The lowest BCUT2D eigenvalue weighted by Gasteiger charge is -2.42. The van der Waals surface area contributed by atoms with Gasteiger partial charge in [-0.25, -0.2) is 18.4 Å². The van der Waals surface area contributed by atoms with Crippen LogP contribution < -0.4 is 0 Å². The van der Waals surface area contributed by atoms with Gasteiger partial charge in [0.15, 0.2) is 0 Å². The second kappa shape index (κ2) is 8.07. The van der Waals surface area contributed by atoms with Gasteiger partial charge in [-0.3, -0.25) is 4.79 Å². The molecule has 0 bridgehead atoms. The van der Waals surface area contributed by atoms with Crippen LogP contribution in [0.2, 0.25) is 0 Å². The van der Waals surface area contributed by atoms with Crippen molar-refractivity contribution in [3.05, 3.63) is 53.3 Å². The number of fused-ring (bicyclic) bond motifs is 1. The molecular formula is C22H28N4O3S. The van der Waals surface area contributed by atoms with Crippen molar-refractivity contribution < 1.29 is 13.2 Å². The Morgan fingerprint density at radius 1 is 1.20 bits per heavy atom. The predicted octanol–water partition coefficient (Wildman–Crippen LogP) is 1.89. The maximum Gasteiger partial charge on any atom is 0.247 e. The lowest BCUT2D eigenvalue weighted by molar-refractivity contribution is -0.141. The van der Waals surface area contributed by atoms with Crippen LogP contribution >= 0.6 is 0 Å². The first-order valence-electron chi connectivity index (χ1n) is 10.3. The Morgan fingerprint density at radius 2 is 1.93 bits per heavy atom. The minimum Gasteiger partial charge on any atom is -0.333 e. The van der Waals surface area contributed by atoms with Crippen LogP contribution in [0.5, 0.6) is 0 Å². The van der Waals surface area contributed by atoms with Crippen molar-refractivity contribution in [1.29, 1.82) is 0 Å². The maximum atomic E-state index is 13.7. The van der Waals surface area contributed by atoms with Crippen LogP contribution in [0.25, 0.3) is 0 Å². The van der Waals surface area contributed by atoms with Crippen molar-refractivity contribution >= 4 is 15.7 Å². The van der Waals surface area contributed by atoms with E-state index in [-0.39, 0.29) is 28.9 Å². The molecule has 0 unspecified atom stereocenters. The third kappa shape index (κ3) is 4.11. The zero-order chi connectivity index (χ0) is 21.5. The molecule has 1 saturated heterocycles. The standard InChI is InChI=1S/C22H28N4O3S/c1-15-11-17-12-23-22(30(3,28)29)24-20(17)14-26(15)21(27)18-9-10-25(2)13-19(18)16-7-5-4-6-8-16/h4-8,12,15,18-19H,9-11,13-14H2,1-3H3/t15-,18+,19-/m1/s1. The fourth-order valence-electron chi connectivity index (χ4n) is 4.61. The molecule has 7 nitrogen and oxygen atoms in total. The average molecular weight is 429 g/mol. The van der Waals surface area contributed by atoms with E-state index in [0.717, 1.165) is 31.3 Å². The molecule has 0 spiro atoms. The van der Waals surface area contributed by atoms with E-state index in [2.05, 4.69) is 34.0 Å². The summed E-state index contributed by atoms with van der Waals surface area (Å²) in [7, 11) is -1.39. The van der Waals surface area contributed by atoms with Gasteiger partial charge in [-0.2, -0.15) is 0 Å². The SMILES string of the molecule is C[C@@H]1Cc2cnc(S(C)(=O)=O)nc2CN1C(=O)[C@H]1CCN(C)C[C@@H]1c1ccccc1. The molecule has 8 heteroatoms. The maximum absolute atomic E-state index is 13.7. The molecule has 2 aromatic rings. The van der Waals surface area contributed by atoms with Gasteiger partial charge in [0.2, 0.25) is 20.9 Å². The third-order valence-electron chi connectivity index (χ3n) is 6.28. The number of likely N-dealkylation sites (N-methyl/N-ethyl adjacent to an activating group) is 1. The fraction of sp³-hybridized carbons (Fsp3) is 0.500. The number of hydrogen-bond donors (Lipinski definition) is 0. The number of carbonyl (C=O) groups is 1. The summed E-state index contributed by atoms with van der Waals surface area (Å²) >= 11 is 0. The van der Waals surface area contributed by atoms with Gasteiger partial charge >= 0.3 is 0 Å². The summed E-state index contributed by atoms with van der Waals surface area (Å²) in [5.74, 6) is 0.182. The summed E-state index contributed by atoms with van der Waals surface area (Å²) in [6.45, 7) is 4.10. The van der Waals surface area contributed by atoms with Gasteiger partial charge in [0, 0.05) is 36.9 Å². The van der Waals surface area contributed by atoms with Crippen molar-refractivity contribution in [3.8, 4) is 0 Å². The van der Waals surface area contributed by atoms with Crippen LogP contribution in [0.4, 0.5) is 0 Å². The Bertz CT molecular complexity index is 1040. The molecule has 2 aliphatic heterocycles. The molecule has 1 amide bonds. The highest BCUT2D eigenvalue weighted by molar-refractivity contribution is 7.90. The molecule has 2 aliphatic rings. The molecule has 0 aliphatic carbocycles. The molecule has 0 radical (unpaired) electrons. The number of piperidine rings is 1. The molecule has 3 atom stereocenters. The molecule has 1 aromatic carbocycles. The van der Waals surface area contributed by atoms with Gasteiger partial charge in [0.1, 0.15) is 0 Å². The molecule has 160 valence electrons. The zero-order valence-corrected chi connectivity index (χ0v) is 18.5. The summed E-state index contributed by atoms with van der Waals surface area (Å²) in [5.41, 5.74) is 2.75. The van der Waals surface area contributed by atoms with E-state index in [0.29, 0.717) is 18.7 Å². The minimum atomic E-state index is -3.49. The normalized spacial score (nSPS) is 25.0. The molecule has 0 N–H and O–H groups in total. The monoisotopic (exact) mass is 428 g/mol. The van der Waals surface area contributed by atoms with Gasteiger partial charge in [0.25, 0.3) is 0 Å². The Hall–Kier alpha value is -2.32. The zero-order valence-electron chi connectivity index (χ0n) is 17.7. The van der Waals surface area contributed by atoms with E-state index in [1.165, 1.54) is 5.56 Å². The molecule has 4 rings (SSSR count). The third-order valence-corrected chi connectivity index (χ3v) is 7.14. The van der Waals surface area contributed by atoms with E-state index in [1.807, 2.05) is 30.0 Å². The smallest absolute Gasteiger partial charge is 0.247 e. The first-order chi connectivity index (χ1) is 14.2. The topological polar surface area (TPSA) is 83.5 Å². The van der Waals surface area contributed by atoms with Gasteiger partial charge in [-0.15, -0.1) is 0 Å². The summed E-state index contributed by atoms with van der Waals surface area (Å²) in [4.78, 5) is 26.1. The van der Waals surface area contributed by atoms with E-state index >= 15 is 0 Å². The van der Waals surface area contributed by atoms with Crippen LogP contribution in [-0.2, 0) is 27.6 Å². The molecule has 1 aromatic heterocycles. The quantitative estimate of drug-likeness (QED) is 0.695. The highest BCUT2D eigenvalue weighted by Crippen LogP contribution is 2.35. The largest absolute Gasteiger partial charge is 0.333 e. The lowest BCUT2D eigenvalue weighted by Crippen LogP contribution is -2.50. The number of benzene rings is 1. The second-order valence-electron chi connectivity index (χ2n) is 8.59. The fourth-order valence-corrected chi connectivity index (χ4v) is 5.13. The Labute approximate surface area is 178 Å². The van der Waals surface area contributed by atoms with Crippen molar-refractivity contribution in [2.45, 2.75) is 43.4 Å². The van der Waals surface area contributed by atoms with Gasteiger partial charge < -0.3 is 9.80 Å². The van der Waals surface area contributed by atoms with Crippen molar-refractivity contribution in [1.82, 2.24) is 19.8 Å². The number of sulfone groups is 1. The second-order valence-corrected chi connectivity index (χ2v) is 10.5. The number of likely N-dealkylation sites (tertiary alicyclic amines) is 1. The molecule has 0 saturated carbocycles. The molecule has 30 heavy (non-hydrogen) atoms.